The van der Waals surface area contributed by atoms with E-state index in [4.69, 9.17) is 10.5 Å². The van der Waals surface area contributed by atoms with Gasteiger partial charge in [-0.25, -0.2) is 4.98 Å². The summed E-state index contributed by atoms with van der Waals surface area (Å²) in [5, 5.41) is 0. The van der Waals surface area contributed by atoms with Crippen molar-refractivity contribution in [1.82, 2.24) is 9.97 Å². The van der Waals surface area contributed by atoms with Crippen LogP contribution >= 0.6 is 0 Å². The molecular formula is C14H17N3O. The number of fused-ring (bicyclic) bond motifs is 1. The number of aromatic nitrogens is 2. The minimum Gasteiger partial charge on any atom is -0.493 e. The molecule has 2 aromatic rings. The fourth-order valence-electron chi connectivity index (χ4n) is 2.26. The zero-order valence-electron chi connectivity index (χ0n) is 10.3. The van der Waals surface area contributed by atoms with E-state index < -0.39 is 0 Å². The molecule has 0 radical (unpaired) electrons. The van der Waals surface area contributed by atoms with Crippen molar-refractivity contribution in [1.29, 1.82) is 0 Å². The van der Waals surface area contributed by atoms with Gasteiger partial charge in [0.15, 0.2) is 0 Å². The molecule has 1 aromatic carbocycles. The summed E-state index contributed by atoms with van der Waals surface area (Å²) in [5.41, 5.74) is 9.02. The van der Waals surface area contributed by atoms with Crippen LogP contribution in [0.15, 0.2) is 24.4 Å². The molecule has 3 N–H and O–H groups in total. The van der Waals surface area contributed by atoms with Crippen molar-refractivity contribution in [2.24, 2.45) is 5.73 Å². The van der Waals surface area contributed by atoms with E-state index >= 15 is 0 Å². The van der Waals surface area contributed by atoms with Crippen LogP contribution in [0.3, 0.4) is 0 Å². The molecule has 18 heavy (non-hydrogen) atoms. The number of benzene rings is 1. The lowest BCUT2D eigenvalue weighted by molar-refractivity contribution is 0.357. The molecule has 0 fully saturated rings. The van der Waals surface area contributed by atoms with E-state index in [9.17, 15) is 0 Å². The summed E-state index contributed by atoms with van der Waals surface area (Å²) in [4.78, 5) is 7.73. The lowest BCUT2D eigenvalue weighted by Crippen LogP contribution is -2.01. The van der Waals surface area contributed by atoms with E-state index in [0.717, 1.165) is 43.1 Å². The van der Waals surface area contributed by atoms with Crippen molar-refractivity contribution < 1.29 is 4.74 Å². The third-order valence-corrected chi connectivity index (χ3v) is 3.25. The molecule has 3 rings (SSSR count). The van der Waals surface area contributed by atoms with Gasteiger partial charge >= 0.3 is 0 Å². The Morgan fingerprint density at radius 3 is 3.22 bits per heavy atom. The number of ether oxygens (including phenoxy) is 1. The summed E-state index contributed by atoms with van der Waals surface area (Å²) in [6.07, 6.45) is 4.76. The van der Waals surface area contributed by atoms with Crippen molar-refractivity contribution >= 4 is 0 Å². The van der Waals surface area contributed by atoms with Crippen LogP contribution in [0.1, 0.15) is 17.8 Å². The molecule has 4 nitrogen and oxygen atoms in total. The minimum absolute atomic E-state index is 0.701. The Balaban J connectivity index is 1.83. The van der Waals surface area contributed by atoms with Gasteiger partial charge in [0.1, 0.15) is 11.6 Å². The van der Waals surface area contributed by atoms with Gasteiger partial charge in [0.2, 0.25) is 0 Å². The highest BCUT2D eigenvalue weighted by Crippen LogP contribution is 2.29. The average molecular weight is 243 g/mol. The molecule has 94 valence electrons. The van der Waals surface area contributed by atoms with E-state index in [1.165, 1.54) is 11.1 Å². The maximum absolute atomic E-state index is 5.51. The Labute approximate surface area is 106 Å². The number of aromatic amines is 1. The maximum atomic E-state index is 5.51. The summed E-state index contributed by atoms with van der Waals surface area (Å²) in [5.74, 6) is 2.02. The summed E-state index contributed by atoms with van der Waals surface area (Å²) in [7, 11) is 0. The van der Waals surface area contributed by atoms with Crippen LogP contribution < -0.4 is 10.5 Å². The second-order valence-corrected chi connectivity index (χ2v) is 4.56. The summed E-state index contributed by atoms with van der Waals surface area (Å²) in [6.45, 7) is 1.50. The van der Waals surface area contributed by atoms with Gasteiger partial charge in [0.05, 0.1) is 18.5 Å². The second kappa shape index (κ2) is 4.82. The fraction of sp³-hybridized carbons (Fsp3) is 0.357. The van der Waals surface area contributed by atoms with Crippen LogP contribution in [0.25, 0.3) is 11.3 Å². The predicted octanol–water partition coefficient (Wildman–Crippen LogP) is 1.90. The number of aryl methyl sites for hydroxylation is 1. The molecule has 0 spiro atoms. The van der Waals surface area contributed by atoms with Gasteiger partial charge in [0.25, 0.3) is 0 Å². The lowest BCUT2D eigenvalue weighted by atomic mass is 10.1. The number of nitrogens with two attached hydrogens (primary N) is 1. The van der Waals surface area contributed by atoms with Crippen molar-refractivity contribution in [2.75, 3.05) is 13.2 Å². The summed E-state index contributed by atoms with van der Waals surface area (Å²) < 4.78 is 5.51. The molecule has 4 heteroatoms. The molecule has 0 saturated heterocycles. The monoisotopic (exact) mass is 243 g/mol. The second-order valence-electron chi connectivity index (χ2n) is 4.56. The van der Waals surface area contributed by atoms with Crippen molar-refractivity contribution in [2.45, 2.75) is 19.3 Å². The molecular weight excluding hydrogens is 226 g/mol. The van der Waals surface area contributed by atoms with Crippen molar-refractivity contribution in [3.05, 3.63) is 35.8 Å². The Morgan fingerprint density at radius 2 is 2.33 bits per heavy atom. The highest BCUT2D eigenvalue weighted by atomic mass is 16.5. The number of nitrogens with one attached hydrogen (secondary N) is 1. The minimum atomic E-state index is 0.701. The highest BCUT2D eigenvalue weighted by molar-refractivity contribution is 5.62. The first-order valence-corrected chi connectivity index (χ1v) is 6.37. The standard InChI is InChI=1S/C14H17N3O/c15-6-1-2-14-16-9-12(17-14)10-3-4-13-11(8-10)5-7-18-13/h3-4,8-9H,1-2,5-7,15H2,(H,16,17). The van der Waals surface area contributed by atoms with Crippen LogP contribution in [-0.2, 0) is 12.8 Å². The van der Waals surface area contributed by atoms with Crippen LogP contribution in [-0.4, -0.2) is 23.1 Å². The quantitative estimate of drug-likeness (QED) is 0.862. The fourth-order valence-corrected chi connectivity index (χ4v) is 2.26. The van der Waals surface area contributed by atoms with E-state index in [0.29, 0.717) is 6.54 Å². The van der Waals surface area contributed by atoms with Gasteiger partial charge in [-0.1, -0.05) is 0 Å². The first kappa shape index (κ1) is 11.3. The van der Waals surface area contributed by atoms with Gasteiger partial charge in [0, 0.05) is 18.4 Å². The predicted molar refractivity (Wildman–Crippen MR) is 70.6 cm³/mol. The Hall–Kier alpha value is -1.81. The Bertz CT molecular complexity index is 548. The van der Waals surface area contributed by atoms with Crippen LogP contribution in [0.5, 0.6) is 5.75 Å². The maximum Gasteiger partial charge on any atom is 0.122 e. The molecule has 1 aliphatic rings. The normalized spacial score (nSPS) is 13.4. The third kappa shape index (κ3) is 2.11. The van der Waals surface area contributed by atoms with Crippen LogP contribution in [0.2, 0.25) is 0 Å². The topological polar surface area (TPSA) is 63.9 Å². The third-order valence-electron chi connectivity index (χ3n) is 3.25. The Morgan fingerprint density at radius 1 is 1.39 bits per heavy atom. The summed E-state index contributed by atoms with van der Waals surface area (Å²) in [6, 6.07) is 6.30. The Kier molecular flexibility index (Phi) is 3.02. The number of hydrogen-bond acceptors (Lipinski definition) is 3. The number of hydrogen-bond donors (Lipinski definition) is 2. The number of nitrogens with zero attached hydrogens (tertiary/aromatic N) is 1. The zero-order valence-corrected chi connectivity index (χ0v) is 10.3. The molecule has 1 aliphatic heterocycles. The number of imidazole rings is 1. The largest absolute Gasteiger partial charge is 0.493 e. The van der Waals surface area contributed by atoms with Gasteiger partial charge in [-0.3, -0.25) is 0 Å². The molecule has 0 saturated carbocycles. The van der Waals surface area contributed by atoms with E-state index in [1.54, 1.807) is 0 Å². The number of H-pyrrole nitrogens is 1. The van der Waals surface area contributed by atoms with E-state index in [1.807, 2.05) is 12.3 Å². The molecule has 0 bridgehead atoms. The van der Waals surface area contributed by atoms with Crippen LogP contribution in [0.4, 0.5) is 0 Å². The average Bonchev–Trinajstić information content (AvgIpc) is 3.04. The SMILES string of the molecule is NCCCc1ncc(-c2ccc3c(c2)CCO3)[nH]1. The molecule has 0 unspecified atom stereocenters. The summed E-state index contributed by atoms with van der Waals surface area (Å²) >= 11 is 0. The smallest absolute Gasteiger partial charge is 0.122 e. The molecule has 0 aliphatic carbocycles. The lowest BCUT2D eigenvalue weighted by Gasteiger charge is -2.01. The van der Waals surface area contributed by atoms with E-state index in [2.05, 4.69) is 22.1 Å². The first-order chi connectivity index (χ1) is 8.86. The van der Waals surface area contributed by atoms with Gasteiger partial charge in [-0.15, -0.1) is 0 Å². The molecule has 1 aromatic heterocycles. The zero-order chi connectivity index (χ0) is 12.4. The van der Waals surface area contributed by atoms with Crippen LogP contribution in [0, 0.1) is 0 Å². The highest BCUT2D eigenvalue weighted by Gasteiger charge is 2.13. The van der Waals surface area contributed by atoms with E-state index in [-0.39, 0.29) is 0 Å². The van der Waals surface area contributed by atoms with Gasteiger partial charge in [-0.05, 0) is 36.7 Å². The first-order valence-electron chi connectivity index (χ1n) is 6.37. The molecule has 0 amide bonds. The molecule has 0 atom stereocenters. The van der Waals surface area contributed by atoms with Gasteiger partial charge < -0.3 is 15.5 Å². The van der Waals surface area contributed by atoms with Crippen molar-refractivity contribution in [3.8, 4) is 17.0 Å². The van der Waals surface area contributed by atoms with Crippen molar-refractivity contribution in [3.63, 3.8) is 0 Å². The van der Waals surface area contributed by atoms with Gasteiger partial charge in [-0.2, -0.15) is 0 Å². The molecule has 2 heterocycles. The number of rotatable bonds is 4.